The number of anilines is 1. The summed E-state index contributed by atoms with van der Waals surface area (Å²) < 4.78 is 15.7. The van der Waals surface area contributed by atoms with Crippen molar-refractivity contribution in [1.82, 2.24) is 19.4 Å². The van der Waals surface area contributed by atoms with E-state index in [1.54, 1.807) is 12.4 Å². The Labute approximate surface area is 150 Å². The summed E-state index contributed by atoms with van der Waals surface area (Å²) in [5.41, 5.74) is 0.0958. The first-order valence-electron chi connectivity index (χ1n) is 8.75. The monoisotopic (exact) mass is 357 g/mol. The number of piperidine rings is 1. The minimum absolute atomic E-state index is 0.0552. The first-order valence-corrected chi connectivity index (χ1v) is 8.75. The van der Waals surface area contributed by atoms with E-state index in [2.05, 4.69) is 15.3 Å². The molecule has 136 valence electrons. The summed E-state index contributed by atoms with van der Waals surface area (Å²) in [7, 11) is 1.85. The zero-order valence-electron chi connectivity index (χ0n) is 14.4. The van der Waals surface area contributed by atoms with Crippen LogP contribution < -0.4 is 5.32 Å². The van der Waals surface area contributed by atoms with Gasteiger partial charge in [-0.25, -0.2) is 9.37 Å². The highest BCUT2D eigenvalue weighted by Crippen LogP contribution is 2.43. The van der Waals surface area contributed by atoms with Crippen LogP contribution in [0.1, 0.15) is 37.5 Å². The summed E-state index contributed by atoms with van der Waals surface area (Å²) in [6.07, 6.45) is 8.57. The number of carbonyl (C=O) groups is 2. The highest BCUT2D eigenvalue weighted by atomic mass is 19.1. The Morgan fingerprint density at radius 2 is 2.12 bits per heavy atom. The Morgan fingerprint density at radius 3 is 2.77 bits per heavy atom. The molecular formula is C18H20FN5O2. The molecule has 2 fully saturated rings. The summed E-state index contributed by atoms with van der Waals surface area (Å²) >= 11 is 0. The van der Waals surface area contributed by atoms with Crippen LogP contribution in [0.3, 0.4) is 0 Å². The molecule has 0 spiro atoms. The average Bonchev–Trinajstić information content (AvgIpc) is 3.37. The fraction of sp³-hybridized carbons (Fsp3) is 0.444. The summed E-state index contributed by atoms with van der Waals surface area (Å²) in [4.78, 5) is 35.4. The molecule has 26 heavy (non-hydrogen) atoms. The van der Waals surface area contributed by atoms with Crippen molar-refractivity contribution in [2.45, 2.75) is 37.8 Å². The van der Waals surface area contributed by atoms with Crippen LogP contribution in [-0.2, 0) is 16.6 Å². The van der Waals surface area contributed by atoms with Gasteiger partial charge in [0, 0.05) is 38.1 Å². The summed E-state index contributed by atoms with van der Waals surface area (Å²) in [5.74, 6) is -0.636. The molecule has 7 nitrogen and oxygen atoms in total. The van der Waals surface area contributed by atoms with Gasteiger partial charge in [0.05, 0.1) is 17.8 Å². The molecule has 1 saturated carbocycles. The summed E-state index contributed by atoms with van der Waals surface area (Å²) in [5, 5.41) is 2.66. The Balaban J connectivity index is 1.66. The fourth-order valence-electron chi connectivity index (χ4n) is 3.64. The number of hydrogen-bond donors (Lipinski definition) is 1. The standard InChI is InChI=1S/C18H20FN5O2/c1-23-9-8-21-17(23)16-12(4-5-15(25)24(16)11-2-3-11)18(26)22-14-6-7-20-10-13(14)19/h6-12,16H,2-5H2,1H3,(H,20,22,26)/t12-,16-/m0/s1. The molecule has 2 aliphatic rings. The van der Waals surface area contributed by atoms with Crippen molar-refractivity contribution in [3.05, 3.63) is 42.5 Å². The van der Waals surface area contributed by atoms with E-state index in [0.717, 1.165) is 19.0 Å². The first-order chi connectivity index (χ1) is 12.6. The van der Waals surface area contributed by atoms with E-state index in [-0.39, 0.29) is 23.5 Å². The minimum atomic E-state index is -0.583. The predicted molar refractivity (Wildman–Crippen MR) is 91.4 cm³/mol. The van der Waals surface area contributed by atoms with Gasteiger partial charge < -0.3 is 14.8 Å². The zero-order valence-corrected chi connectivity index (χ0v) is 14.4. The second-order valence-electron chi connectivity index (χ2n) is 6.86. The number of likely N-dealkylation sites (tertiary alicyclic amines) is 1. The normalized spacial score (nSPS) is 23.2. The number of nitrogens with zero attached hydrogens (tertiary/aromatic N) is 4. The van der Waals surface area contributed by atoms with Crippen molar-refractivity contribution in [3.63, 3.8) is 0 Å². The van der Waals surface area contributed by atoms with Crippen LogP contribution in [-0.4, -0.2) is 37.3 Å². The number of pyridine rings is 1. The van der Waals surface area contributed by atoms with Gasteiger partial charge in [-0.05, 0) is 25.3 Å². The number of amides is 2. The molecule has 1 N–H and O–H groups in total. The van der Waals surface area contributed by atoms with Gasteiger partial charge in [-0.3, -0.25) is 14.6 Å². The number of nitrogens with one attached hydrogen (secondary N) is 1. The molecule has 3 heterocycles. The number of imidazole rings is 1. The molecule has 2 aromatic rings. The highest BCUT2D eigenvalue weighted by Gasteiger charge is 2.48. The zero-order chi connectivity index (χ0) is 18.3. The van der Waals surface area contributed by atoms with Gasteiger partial charge in [0.1, 0.15) is 11.9 Å². The lowest BCUT2D eigenvalue weighted by Crippen LogP contribution is -2.48. The molecule has 0 aromatic carbocycles. The SMILES string of the molecule is Cn1ccnc1[C@@H]1[C@@H](C(=O)Nc2ccncc2F)CCC(=O)N1C1CC1. The van der Waals surface area contributed by atoms with E-state index in [1.165, 1.54) is 12.3 Å². The van der Waals surface area contributed by atoms with E-state index in [9.17, 15) is 14.0 Å². The van der Waals surface area contributed by atoms with Crippen molar-refractivity contribution in [2.24, 2.45) is 13.0 Å². The van der Waals surface area contributed by atoms with Crippen molar-refractivity contribution < 1.29 is 14.0 Å². The molecule has 2 atom stereocenters. The van der Waals surface area contributed by atoms with E-state index >= 15 is 0 Å². The van der Waals surface area contributed by atoms with Gasteiger partial charge in [-0.1, -0.05) is 0 Å². The lowest BCUT2D eigenvalue weighted by molar-refractivity contribution is -0.143. The van der Waals surface area contributed by atoms with Crippen molar-refractivity contribution in [1.29, 1.82) is 0 Å². The van der Waals surface area contributed by atoms with Gasteiger partial charge in [0.2, 0.25) is 11.8 Å². The topological polar surface area (TPSA) is 80.1 Å². The molecule has 0 bridgehead atoms. The summed E-state index contributed by atoms with van der Waals surface area (Å²) in [6.45, 7) is 0. The van der Waals surface area contributed by atoms with E-state index < -0.39 is 17.8 Å². The highest BCUT2D eigenvalue weighted by molar-refractivity contribution is 5.94. The van der Waals surface area contributed by atoms with Crippen LogP contribution in [0.5, 0.6) is 0 Å². The molecular weight excluding hydrogens is 337 g/mol. The average molecular weight is 357 g/mol. The van der Waals surface area contributed by atoms with Crippen LogP contribution in [0, 0.1) is 11.7 Å². The predicted octanol–water partition coefficient (Wildman–Crippen LogP) is 2.03. The molecule has 0 radical (unpaired) electrons. The van der Waals surface area contributed by atoms with Gasteiger partial charge in [-0.15, -0.1) is 0 Å². The van der Waals surface area contributed by atoms with Gasteiger partial charge >= 0.3 is 0 Å². The number of hydrogen-bond acceptors (Lipinski definition) is 4. The lowest BCUT2D eigenvalue weighted by Gasteiger charge is -2.40. The number of aromatic nitrogens is 3. The number of halogens is 1. The van der Waals surface area contributed by atoms with Gasteiger partial charge in [-0.2, -0.15) is 0 Å². The third kappa shape index (κ3) is 2.95. The van der Waals surface area contributed by atoms with E-state index in [1.807, 2.05) is 16.5 Å². The molecule has 1 aliphatic carbocycles. The molecule has 8 heteroatoms. The maximum atomic E-state index is 13.9. The maximum absolute atomic E-state index is 13.9. The van der Waals surface area contributed by atoms with E-state index in [0.29, 0.717) is 18.7 Å². The van der Waals surface area contributed by atoms with Gasteiger partial charge in [0.15, 0.2) is 5.82 Å². The molecule has 0 unspecified atom stereocenters. The van der Waals surface area contributed by atoms with Crippen molar-refractivity contribution in [3.8, 4) is 0 Å². The number of carbonyl (C=O) groups excluding carboxylic acids is 2. The molecule has 4 rings (SSSR count). The van der Waals surface area contributed by atoms with Crippen LogP contribution in [0.2, 0.25) is 0 Å². The van der Waals surface area contributed by atoms with Crippen LogP contribution >= 0.6 is 0 Å². The smallest absolute Gasteiger partial charge is 0.230 e. The third-order valence-corrected chi connectivity index (χ3v) is 5.07. The fourth-order valence-corrected chi connectivity index (χ4v) is 3.64. The number of rotatable bonds is 4. The quantitative estimate of drug-likeness (QED) is 0.908. The van der Waals surface area contributed by atoms with Crippen LogP contribution in [0.4, 0.5) is 10.1 Å². The Morgan fingerprint density at radius 1 is 1.31 bits per heavy atom. The molecule has 1 aliphatic heterocycles. The maximum Gasteiger partial charge on any atom is 0.230 e. The Bertz CT molecular complexity index is 848. The van der Waals surface area contributed by atoms with Crippen LogP contribution in [0.25, 0.3) is 0 Å². The van der Waals surface area contributed by atoms with Crippen molar-refractivity contribution in [2.75, 3.05) is 5.32 Å². The lowest BCUT2D eigenvalue weighted by atomic mass is 9.86. The molecule has 1 saturated heterocycles. The second kappa shape index (κ2) is 6.51. The van der Waals surface area contributed by atoms with Crippen LogP contribution in [0.15, 0.2) is 30.9 Å². The van der Waals surface area contributed by atoms with Gasteiger partial charge in [0.25, 0.3) is 0 Å². The number of aryl methyl sites for hydroxylation is 1. The van der Waals surface area contributed by atoms with E-state index in [4.69, 9.17) is 0 Å². The molecule has 2 aromatic heterocycles. The Kier molecular flexibility index (Phi) is 4.18. The Hall–Kier alpha value is -2.77. The largest absolute Gasteiger partial charge is 0.336 e. The minimum Gasteiger partial charge on any atom is -0.336 e. The summed E-state index contributed by atoms with van der Waals surface area (Å²) in [6, 6.07) is 1.15. The second-order valence-corrected chi connectivity index (χ2v) is 6.86. The first kappa shape index (κ1) is 16.7. The van der Waals surface area contributed by atoms with Crippen molar-refractivity contribution >= 4 is 17.5 Å². The third-order valence-electron chi connectivity index (χ3n) is 5.07. The molecule has 2 amide bonds.